The van der Waals surface area contributed by atoms with Gasteiger partial charge in [0, 0.05) is 5.69 Å². The average Bonchev–Trinajstić information content (AvgIpc) is 2.69. The number of nitrogens with one attached hydrogen (secondary N) is 2. The third-order valence-electron chi connectivity index (χ3n) is 4.23. The number of anilines is 1. The van der Waals surface area contributed by atoms with Crippen LogP contribution in [0.5, 0.6) is 0 Å². The molecule has 3 aromatic rings. The van der Waals surface area contributed by atoms with Crippen molar-refractivity contribution in [3.05, 3.63) is 102 Å². The van der Waals surface area contributed by atoms with Crippen LogP contribution in [0.15, 0.2) is 91.0 Å². The molecule has 6 heteroatoms. The Bertz CT molecular complexity index is 844. The van der Waals surface area contributed by atoms with Crippen LogP contribution in [0.4, 0.5) is 5.69 Å². The number of hydrogen-bond acceptors (Lipinski definition) is 2. The lowest BCUT2D eigenvalue weighted by molar-refractivity contribution is -0.122. The molecule has 0 saturated carbocycles. The molecule has 3 aromatic carbocycles. The van der Waals surface area contributed by atoms with Gasteiger partial charge in [-0.2, -0.15) is 0 Å². The van der Waals surface area contributed by atoms with Crippen LogP contribution in [0.2, 0.25) is 0 Å². The standard InChI is InChI=1S/C22H19Cl3N2O/c23-22(24,25)21(26-18-14-8-3-9-15-18)27-20(28)19(16-10-4-1-5-11-16)17-12-6-2-7-13-17/h1-15,19,21,26H,(H,27,28)/t21-/m0/s1. The van der Waals surface area contributed by atoms with Crippen LogP contribution in [-0.4, -0.2) is 15.9 Å². The molecular formula is C22H19Cl3N2O. The maximum atomic E-state index is 13.3. The Kier molecular flexibility index (Phi) is 6.84. The molecule has 1 amide bonds. The molecular weight excluding hydrogens is 415 g/mol. The summed E-state index contributed by atoms with van der Waals surface area (Å²) in [5, 5.41) is 5.94. The Labute approximate surface area is 179 Å². The summed E-state index contributed by atoms with van der Waals surface area (Å²) in [6.45, 7) is 0. The quantitative estimate of drug-likeness (QED) is 0.384. The van der Waals surface area contributed by atoms with E-state index in [0.717, 1.165) is 16.8 Å². The highest BCUT2D eigenvalue weighted by atomic mass is 35.6. The predicted octanol–water partition coefficient (Wildman–Crippen LogP) is 5.74. The van der Waals surface area contributed by atoms with E-state index in [1.54, 1.807) is 0 Å². The van der Waals surface area contributed by atoms with Gasteiger partial charge in [0.2, 0.25) is 9.70 Å². The zero-order valence-corrected chi connectivity index (χ0v) is 17.1. The molecule has 0 bridgehead atoms. The fraction of sp³-hybridized carbons (Fsp3) is 0.136. The van der Waals surface area contributed by atoms with Crippen LogP contribution in [0.3, 0.4) is 0 Å². The summed E-state index contributed by atoms with van der Waals surface area (Å²) in [6.07, 6.45) is -0.915. The SMILES string of the molecule is O=C(N[C@H](Nc1ccccc1)C(Cl)(Cl)Cl)C(c1ccccc1)c1ccccc1. The molecule has 3 nitrogen and oxygen atoms in total. The Morgan fingerprint density at radius 3 is 1.57 bits per heavy atom. The highest BCUT2D eigenvalue weighted by Gasteiger charge is 2.36. The van der Waals surface area contributed by atoms with Gasteiger partial charge in [0.1, 0.15) is 6.17 Å². The predicted molar refractivity (Wildman–Crippen MR) is 117 cm³/mol. The van der Waals surface area contributed by atoms with Crippen LogP contribution in [0, 0.1) is 0 Å². The van der Waals surface area contributed by atoms with E-state index in [-0.39, 0.29) is 5.91 Å². The zero-order chi connectivity index (χ0) is 20.0. The fourth-order valence-electron chi connectivity index (χ4n) is 2.91. The van der Waals surface area contributed by atoms with Gasteiger partial charge in [-0.1, -0.05) is 114 Å². The van der Waals surface area contributed by atoms with E-state index < -0.39 is 15.9 Å². The number of carbonyl (C=O) groups is 1. The molecule has 0 aromatic heterocycles. The van der Waals surface area contributed by atoms with Gasteiger partial charge in [-0.05, 0) is 23.3 Å². The summed E-state index contributed by atoms with van der Waals surface area (Å²) in [5.74, 6) is -0.799. The van der Waals surface area contributed by atoms with Crippen molar-refractivity contribution in [3.8, 4) is 0 Å². The van der Waals surface area contributed by atoms with Crippen LogP contribution in [-0.2, 0) is 4.79 Å². The first-order valence-corrected chi connectivity index (χ1v) is 9.87. The molecule has 28 heavy (non-hydrogen) atoms. The van der Waals surface area contributed by atoms with E-state index in [1.807, 2.05) is 91.0 Å². The Balaban J connectivity index is 1.89. The van der Waals surface area contributed by atoms with E-state index in [9.17, 15) is 4.79 Å². The van der Waals surface area contributed by atoms with Crippen molar-refractivity contribution in [3.63, 3.8) is 0 Å². The van der Waals surface area contributed by atoms with Crippen LogP contribution in [0.1, 0.15) is 17.0 Å². The number of hydrogen-bond donors (Lipinski definition) is 2. The number of alkyl halides is 3. The van der Waals surface area contributed by atoms with Crippen LogP contribution >= 0.6 is 34.8 Å². The topological polar surface area (TPSA) is 41.1 Å². The van der Waals surface area contributed by atoms with E-state index in [0.29, 0.717) is 0 Å². The molecule has 0 unspecified atom stereocenters. The van der Waals surface area contributed by atoms with E-state index in [1.165, 1.54) is 0 Å². The van der Waals surface area contributed by atoms with Gasteiger partial charge >= 0.3 is 0 Å². The lowest BCUT2D eigenvalue weighted by Gasteiger charge is -2.29. The average molecular weight is 434 g/mol. The van der Waals surface area contributed by atoms with Gasteiger partial charge in [0.05, 0.1) is 5.92 Å². The molecule has 0 saturated heterocycles. The first-order valence-electron chi connectivity index (χ1n) is 8.74. The fourth-order valence-corrected chi connectivity index (χ4v) is 3.24. The second-order valence-electron chi connectivity index (χ2n) is 6.25. The largest absolute Gasteiger partial charge is 0.362 e. The first kappa shape index (κ1) is 20.5. The van der Waals surface area contributed by atoms with Crippen LogP contribution in [0.25, 0.3) is 0 Å². The number of amides is 1. The van der Waals surface area contributed by atoms with Gasteiger partial charge in [0.25, 0.3) is 0 Å². The third-order valence-corrected chi connectivity index (χ3v) is 4.88. The highest BCUT2D eigenvalue weighted by molar-refractivity contribution is 6.68. The molecule has 0 aliphatic rings. The minimum Gasteiger partial charge on any atom is -0.362 e. The molecule has 0 aliphatic heterocycles. The number of halogens is 3. The number of carbonyl (C=O) groups excluding carboxylic acids is 1. The smallest absolute Gasteiger partial charge is 0.233 e. The summed E-state index contributed by atoms with van der Waals surface area (Å²) in [5.41, 5.74) is 2.44. The van der Waals surface area contributed by atoms with E-state index in [4.69, 9.17) is 34.8 Å². The van der Waals surface area contributed by atoms with Crippen molar-refractivity contribution in [1.82, 2.24) is 5.32 Å². The van der Waals surface area contributed by atoms with Gasteiger partial charge in [-0.3, -0.25) is 4.79 Å². The summed E-state index contributed by atoms with van der Waals surface area (Å²) in [7, 11) is 0. The van der Waals surface area contributed by atoms with Gasteiger partial charge in [-0.15, -0.1) is 0 Å². The highest BCUT2D eigenvalue weighted by Crippen LogP contribution is 2.32. The Morgan fingerprint density at radius 1 is 0.714 bits per heavy atom. The van der Waals surface area contributed by atoms with Crippen molar-refractivity contribution in [1.29, 1.82) is 0 Å². The molecule has 0 aliphatic carbocycles. The maximum Gasteiger partial charge on any atom is 0.233 e. The minimum atomic E-state index is -1.75. The molecule has 0 spiro atoms. The molecule has 1 atom stereocenters. The second-order valence-corrected chi connectivity index (χ2v) is 8.62. The molecule has 3 rings (SSSR count). The van der Waals surface area contributed by atoms with Crippen molar-refractivity contribution in [2.24, 2.45) is 0 Å². The molecule has 144 valence electrons. The van der Waals surface area contributed by atoms with Crippen molar-refractivity contribution < 1.29 is 4.79 Å². The number of benzene rings is 3. The molecule has 0 fully saturated rings. The van der Waals surface area contributed by atoms with Crippen LogP contribution < -0.4 is 10.6 Å². The Hall–Kier alpha value is -2.20. The maximum absolute atomic E-state index is 13.3. The normalized spacial score (nSPS) is 12.4. The number of rotatable bonds is 6. The molecule has 0 heterocycles. The first-order chi connectivity index (χ1) is 13.4. The lowest BCUT2D eigenvalue weighted by Crippen LogP contribution is -2.50. The van der Waals surface area contributed by atoms with Crippen molar-refractivity contribution in [2.45, 2.75) is 15.9 Å². The third kappa shape index (κ3) is 5.41. The van der Waals surface area contributed by atoms with Gasteiger partial charge < -0.3 is 10.6 Å². The summed E-state index contributed by atoms with van der Waals surface area (Å²) in [4.78, 5) is 13.3. The van der Waals surface area contributed by atoms with E-state index in [2.05, 4.69) is 10.6 Å². The van der Waals surface area contributed by atoms with Crippen molar-refractivity contribution >= 4 is 46.4 Å². The Morgan fingerprint density at radius 2 is 1.14 bits per heavy atom. The van der Waals surface area contributed by atoms with Gasteiger partial charge in [0.15, 0.2) is 0 Å². The lowest BCUT2D eigenvalue weighted by atomic mass is 9.90. The summed E-state index contributed by atoms with van der Waals surface area (Å²) < 4.78 is -1.75. The zero-order valence-electron chi connectivity index (χ0n) is 14.9. The van der Waals surface area contributed by atoms with E-state index >= 15 is 0 Å². The molecule has 0 radical (unpaired) electrons. The minimum absolute atomic E-state index is 0.267. The second kappa shape index (κ2) is 9.33. The summed E-state index contributed by atoms with van der Waals surface area (Å²) >= 11 is 18.4. The number of para-hydroxylation sites is 1. The molecule has 2 N–H and O–H groups in total. The van der Waals surface area contributed by atoms with Gasteiger partial charge in [-0.25, -0.2) is 0 Å². The van der Waals surface area contributed by atoms with Crippen molar-refractivity contribution in [2.75, 3.05) is 5.32 Å². The monoisotopic (exact) mass is 432 g/mol. The summed E-state index contributed by atoms with van der Waals surface area (Å²) in [6, 6.07) is 28.3.